The van der Waals surface area contributed by atoms with E-state index in [0.717, 1.165) is 42.9 Å². The number of hydrogen-bond donors (Lipinski definition) is 2. The number of carboxylic acids is 1. The van der Waals surface area contributed by atoms with E-state index in [2.05, 4.69) is 4.98 Å². The minimum absolute atomic E-state index is 0.0331. The highest BCUT2D eigenvalue weighted by molar-refractivity contribution is 5.80. The summed E-state index contributed by atoms with van der Waals surface area (Å²) in [6.45, 7) is 6.44. The van der Waals surface area contributed by atoms with Crippen LogP contribution in [0.2, 0.25) is 0 Å². The average Bonchev–Trinajstić information content (AvgIpc) is 3.07. The van der Waals surface area contributed by atoms with Gasteiger partial charge in [0.15, 0.2) is 5.60 Å². The molecule has 0 unspecified atom stereocenters. The van der Waals surface area contributed by atoms with Crippen LogP contribution in [0.25, 0.3) is 11.4 Å². The molecular weight excluding hydrogens is 399 g/mol. The summed E-state index contributed by atoms with van der Waals surface area (Å²) in [5, 5.41) is 20.1. The SMILES string of the molecule is Cc1cc(F)c(C)c2cc(c3c(n1)-c1cc([C@](C)(O)C(=O)O)c(C)c(=O)n1C3)CCC2. The molecule has 1 aliphatic carbocycles. The van der Waals surface area contributed by atoms with E-state index in [0.29, 0.717) is 29.2 Å². The van der Waals surface area contributed by atoms with Crippen LogP contribution in [0.15, 0.2) is 23.0 Å². The molecule has 6 nitrogen and oxygen atoms in total. The second-order valence-electron chi connectivity index (χ2n) is 8.58. The van der Waals surface area contributed by atoms with Crippen molar-refractivity contribution in [3.63, 3.8) is 0 Å². The highest BCUT2D eigenvalue weighted by Gasteiger charge is 2.37. The summed E-state index contributed by atoms with van der Waals surface area (Å²) in [4.78, 5) is 29.4. The molecule has 2 aliphatic rings. The lowest BCUT2D eigenvalue weighted by molar-refractivity contribution is -0.157. The first-order chi connectivity index (χ1) is 14.5. The first-order valence-electron chi connectivity index (χ1n) is 10.3. The van der Waals surface area contributed by atoms with Crippen LogP contribution in [0.1, 0.15) is 52.4 Å². The van der Waals surface area contributed by atoms with Crippen molar-refractivity contribution >= 4 is 5.97 Å². The first kappa shape index (κ1) is 21.2. The Morgan fingerprint density at radius 1 is 1.13 bits per heavy atom. The van der Waals surface area contributed by atoms with Gasteiger partial charge in [0.05, 0.1) is 17.9 Å². The number of aromatic nitrogens is 2. The fourth-order valence-electron chi connectivity index (χ4n) is 4.50. The number of aliphatic carboxylic acids is 1. The molecule has 1 atom stereocenters. The Morgan fingerprint density at radius 2 is 1.81 bits per heavy atom. The van der Waals surface area contributed by atoms with E-state index < -0.39 is 11.6 Å². The van der Waals surface area contributed by atoms with E-state index in [4.69, 9.17) is 0 Å². The van der Waals surface area contributed by atoms with Crippen molar-refractivity contribution in [2.45, 2.75) is 59.1 Å². The smallest absolute Gasteiger partial charge is 0.340 e. The summed E-state index contributed by atoms with van der Waals surface area (Å²) >= 11 is 0. The van der Waals surface area contributed by atoms with Crippen molar-refractivity contribution in [2.24, 2.45) is 0 Å². The highest BCUT2D eigenvalue weighted by atomic mass is 19.1. The van der Waals surface area contributed by atoms with Crippen molar-refractivity contribution in [1.82, 2.24) is 9.55 Å². The highest BCUT2D eigenvalue weighted by Crippen LogP contribution is 2.35. The van der Waals surface area contributed by atoms with Crippen molar-refractivity contribution in [3.8, 4) is 11.4 Å². The standard InChI is InChI=1S/C24H25FN2O4/c1-12-8-19(25)13(2)15-6-5-7-16(9-15)17-11-27-20(21(17)26-12)10-18(14(3)22(27)28)24(4,31)23(29)30/h8-10,31H,5-7,11H2,1-4H3,(H,29,30)/t24-/m0/s1. The van der Waals surface area contributed by atoms with E-state index in [1.165, 1.54) is 19.1 Å². The molecule has 1 aliphatic heterocycles. The lowest BCUT2D eigenvalue weighted by atomic mass is 9.91. The van der Waals surface area contributed by atoms with E-state index in [1.807, 2.05) is 6.07 Å². The van der Waals surface area contributed by atoms with Crippen molar-refractivity contribution in [3.05, 3.63) is 73.4 Å². The number of pyridine rings is 1. The molecule has 2 bridgehead atoms. The second kappa shape index (κ2) is 7.27. The van der Waals surface area contributed by atoms with Crippen LogP contribution in [0.5, 0.6) is 0 Å². The van der Waals surface area contributed by atoms with Crippen LogP contribution >= 0.6 is 0 Å². The molecule has 4 rings (SSSR count). The Bertz CT molecular complexity index is 1260. The van der Waals surface area contributed by atoms with Crippen LogP contribution in [-0.4, -0.2) is 25.7 Å². The van der Waals surface area contributed by atoms with Gasteiger partial charge >= 0.3 is 5.97 Å². The maximum absolute atomic E-state index is 14.8. The van der Waals surface area contributed by atoms with Crippen LogP contribution in [0.3, 0.4) is 0 Å². The molecule has 0 radical (unpaired) electrons. The fraction of sp³-hybridized carbons (Fsp3) is 0.375. The number of hydrogen-bond acceptors (Lipinski definition) is 4. The van der Waals surface area contributed by atoms with Gasteiger partial charge in [-0.25, -0.2) is 9.18 Å². The predicted octanol–water partition coefficient (Wildman–Crippen LogP) is 3.24. The summed E-state index contributed by atoms with van der Waals surface area (Å²) in [6, 6.07) is 4.90. The van der Waals surface area contributed by atoms with Gasteiger partial charge in [-0.05, 0) is 75.8 Å². The van der Waals surface area contributed by atoms with E-state index in [9.17, 15) is 24.2 Å². The van der Waals surface area contributed by atoms with Gasteiger partial charge in [-0.1, -0.05) is 6.07 Å². The quantitative estimate of drug-likeness (QED) is 0.659. The number of nitrogens with zero attached hydrogens (tertiary/aromatic N) is 2. The van der Waals surface area contributed by atoms with Gasteiger partial charge in [0.1, 0.15) is 5.82 Å². The second-order valence-corrected chi connectivity index (χ2v) is 8.58. The zero-order valence-corrected chi connectivity index (χ0v) is 18.0. The average molecular weight is 424 g/mol. The number of carboxylic acid groups (broad SMARTS) is 1. The molecule has 0 aromatic carbocycles. The van der Waals surface area contributed by atoms with Gasteiger partial charge in [-0.2, -0.15) is 0 Å². The lowest BCUT2D eigenvalue weighted by Gasteiger charge is -2.21. The molecule has 2 aromatic rings. The first-order valence-corrected chi connectivity index (χ1v) is 10.3. The minimum atomic E-state index is -2.22. The molecule has 0 spiro atoms. The van der Waals surface area contributed by atoms with Crippen molar-refractivity contribution in [2.75, 3.05) is 0 Å². The summed E-state index contributed by atoms with van der Waals surface area (Å²) in [5.74, 6) is -1.78. The zero-order chi connectivity index (χ0) is 22.7. The molecule has 0 fully saturated rings. The molecule has 162 valence electrons. The van der Waals surface area contributed by atoms with Gasteiger partial charge in [-0.3, -0.25) is 9.78 Å². The number of halogens is 1. The van der Waals surface area contributed by atoms with E-state index in [-0.39, 0.29) is 22.5 Å². The zero-order valence-electron chi connectivity index (χ0n) is 18.0. The topological polar surface area (TPSA) is 92.4 Å². The van der Waals surface area contributed by atoms with Gasteiger partial charge < -0.3 is 14.8 Å². The number of aryl methyl sites for hydroxylation is 3. The van der Waals surface area contributed by atoms with Gasteiger partial charge in [0.25, 0.3) is 5.56 Å². The van der Waals surface area contributed by atoms with Gasteiger partial charge in [-0.15, -0.1) is 0 Å². The summed E-state index contributed by atoms with van der Waals surface area (Å²) < 4.78 is 16.3. The van der Waals surface area contributed by atoms with Crippen molar-refractivity contribution in [1.29, 1.82) is 0 Å². The molecule has 0 saturated heterocycles. The van der Waals surface area contributed by atoms with E-state index >= 15 is 0 Å². The number of carbonyl (C=O) groups is 1. The van der Waals surface area contributed by atoms with Crippen LogP contribution in [0, 0.1) is 26.6 Å². The molecule has 31 heavy (non-hydrogen) atoms. The van der Waals surface area contributed by atoms with Crippen LogP contribution in [-0.2, 0) is 29.8 Å². The van der Waals surface area contributed by atoms with E-state index in [1.54, 1.807) is 18.4 Å². The molecule has 7 heteroatoms. The third-order valence-corrected chi connectivity index (χ3v) is 6.42. The largest absolute Gasteiger partial charge is 0.479 e. The minimum Gasteiger partial charge on any atom is -0.479 e. The monoisotopic (exact) mass is 424 g/mol. The normalized spacial score (nSPS) is 15.5. The lowest BCUT2D eigenvalue weighted by Crippen LogP contribution is -2.36. The molecule has 3 heterocycles. The Labute approximate surface area is 179 Å². The number of fused-ring (bicyclic) bond motifs is 6. The molecular formula is C24H25FN2O4. The summed E-state index contributed by atoms with van der Waals surface area (Å²) in [5.41, 5.74) is 2.44. The molecule has 2 aromatic heterocycles. The summed E-state index contributed by atoms with van der Waals surface area (Å²) in [6.07, 6.45) is 2.44. The molecule has 0 amide bonds. The Kier molecular flexibility index (Phi) is 4.97. The molecule has 0 saturated carbocycles. The Morgan fingerprint density at radius 3 is 2.48 bits per heavy atom. The van der Waals surface area contributed by atoms with Crippen LogP contribution in [0.4, 0.5) is 4.39 Å². The fourth-order valence-corrected chi connectivity index (χ4v) is 4.50. The van der Waals surface area contributed by atoms with Gasteiger partial charge in [0.2, 0.25) is 0 Å². The molecule has 2 N–H and O–H groups in total. The maximum atomic E-state index is 14.8. The maximum Gasteiger partial charge on any atom is 0.340 e. The third-order valence-electron chi connectivity index (χ3n) is 6.42. The summed E-state index contributed by atoms with van der Waals surface area (Å²) in [7, 11) is 0. The van der Waals surface area contributed by atoms with Gasteiger partial charge in [0, 0.05) is 22.4 Å². The van der Waals surface area contributed by atoms with Crippen LogP contribution < -0.4 is 5.56 Å². The predicted molar refractivity (Wildman–Crippen MR) is 114 cm³/mol. The third kappa shape index (κ3) is 3.33. The Hall–Kier alpha value is -3.06. The Balaban J connectivity index is 2.12. The van der Waals surface area contributed by atoms with Crippen molar-refractivity contribution < 1.29 is 19.4 Å². The number of aliphatic hydroxyl groups is 1. The number of rotatable bonds is 2.